The minimum Gasteiger partial charge on any atom is -0.469 e. The van der Waals surface area contributed by atoms with Gasteiger partial charge >= 0.3 is 5.97 Å². The zero-order valence-electron chi connectivity index (χ0n) is 9.78. The third kappa shape index (κ3) is 2.49. The van der Waals surface area contributed by atoms with E-state index in [1.807, 2.05) is 0 Å². The van der Waals surface area contributed by atoms with Gasteiger partial charge in [0, 0.05) is 6.42 Å². The van der Waals surface area contributed by atoms with Crippen molar-refractivity contribution < 1.29 is 14.7 Å². The minimum absolute atomic E-state index is 0.153. The lowest BCUT2D eigenvalue weighted by atomic mass is 10.1. The van der Waals surface area contributed by atoms with Gasteiger partial charge in [-0.1, -0.05) is 19.0 Å². The lowest BCUT2D eigenvalue weighted by Gasteiger charge is -2.01. The fourth-order valence-corrected chi connectivity index (χ4v) is 2.29. The summed E-state index contributed by atoms with van der Waals surface area (Å²) in [4.78, 5) is 11.1. The molecule has 2 atom stereocenters. The van der Waals surface area contributed by atoms with E-state index in [2.05, 4.69) is 23.7 Å². The number of methoxy groups -OCH3 is 1. The number of carbonyl (C=O) groups is 1. The third-order valence-electron chi connectivity index (χ3n) is 3.59. The summed E-state index contributed by atoms with van der Waals surface area (Å²) < 4.78 is 4.66. The van der Waals surface area contributed by atoms with Crippen LogP contribution in [0.25, 0.3) is 0 Å². The molecule has 0 aromatic rings. The zero-order valence-corrected chi connectivity index (χ0v) is 9.78. The molecule has 86 valence electrons. The van der Waals surface area contributed by atoms with E-state index in [1.54, 1.807) is 6.92 Å². The predicted molar refractivity (Wildman–Crippen MR) is 56.9 cm³/mol. The van der Waals surface area contributed by atoms with Crippen LogP contribution in [0.1, 0.15) is 33.6 Å². The van der Waals surface area contributed by atoms with Crippen LogP contribution in [0.3, 0.4) is 0 Å². The minimum atomic E-state index is -0.158. The fraction of sp³-hybridized carbons (Fsp3) is 0.818. The Hall–Kier alpha value is -1.06. The summed E-state index contributed by atoms with van der Waals surface area (Å²) in [6.07, 6.45) is 1.22. The molecule has 4 heteroatoms. The molecule has 1 saturated carbocycles. The highest BCUT2D eigenvalue weighted by Crippen LogP contribution is 2.61. The Bertz CT molecular complexity index is 284. The van der Waals surface area contributed by atoms with Crippen LogP contribution >= 0.6 is 0 Å². The molecule has 0 radical (unpaired) electrons. The molecular formula is C11H19NO3. The van der Waals surface area contributed by atoms with Crippen LogP contribution in [0.4, 0.5) is 0 Å². The van der Waals surface area contributed by atoms with Crippen molar-refractivity contribution in [2.24, 2.45) is 22.4 Å². The van der Waals surface area contributed by atoms with Crippen LogP contribution in [0, 0.1) is 17.3 Å². The van der Waals surface area contributed by atoms with Crippen molar-refractivity contribution in [3.05, 3.63) is 0 Å². The molecule has 0 aromatic carbocycles. The second-order valence-corrected chi connectivity index (χ2v) is 4.85. The van der Waals surface area contributed by atoms with Crippen LogP contribution in [-0.2, 0) is 9.53 Å². The molecule has 4 nitrogen and oxygen atoms in total. The molecule has 0 unspecified atom stereocenters. The summed E-state index contributed by atoms with van der Waals surface area (Å²) in [5.41, 5.74) is 0.876. The monoisotopic (exact) mass is 213 g/mol. The van der Waals surface area contributed by atoms with Gasteiger partial charge in [-0.05, 0) is 30.6 Å². The number of hydrogen-bond acceptors (Lipinski definition) is 4. The molecule has 1 aliphatic carbocycles. The van der Waals surface area contributed by atoms with E-state index < -0.39 is 0 Å². The number of hydrogen-bond donors (Lipinski definition) is 1. The van der Waals surface area contributed by atoms with Crippen molar-refractivity contribution in [3.8, 4) is 0 Å². The Morgan fingerprint density at radius 2 is 1.93 bits per heavy atom. The molecule has 0 aliphatic heterocycles. The van der Waals surface area contributed by atoms with Crippen LogP contribution in [-0.4, -0.2) is 24.0 Å². The standard InChI is InChI=1S/C11H19NO3/c1-7(12-14)5-8-9(11(8,2)3)6-10(13)15-4/h8-9,14H,5-6H2,1-4H3/b12-7+/t8-,9+/m0/s1. The van der Waals surface area contributed by atoms with E-state index in [1.165, 1.54) is 7.11 Å². The molecule has 0 saturated heterocycles. The highest BCUT2D eigenvalue weighted by atomic mass is 16.5. The quantitative estimate of drug-likeness (QED) is 0.336. The SMILES string of the molecule is COC(=O)C[C@@H]1[C@H](C/C(C)=N/O)C1(C)C. The van der Waals surface area contributed by atoms with Crippen LogP contribution < -0.4 is 0 Å². The maximum atomic E-state index is 11.1. The molecule has 15 heavy (non-hydrogen) atoms. The van der Waals surface area contributed by atoms with E-state index in [4.69, 9.17) is 5.21 Å². The summed E-state index contributed by atoms with van der Waals surface area (Å²) >= 11 is 0. The van der Waals surface area contributed by atoms with E-state index in [0.717, 1.165) is 12.1 Å². The van der Waals surface area contributed by atoms with Gasteiger partial charge < -0.3 is 9.94 Å². The largest absolute Gasteiger partial charge is 0.469 e. The second-order valence-electron chi connectivity index (χ2n) is 4.85. The average molecular weight is 213 g/mol. The van der Waals surface area contributed by atoms with Gasteiger partial charge in [-0.3, -0.25) is 4.79 Å². The summed E-state index contributed by atoms with van der Waals surface area (Å²) in [5.74, 6) is 0.614. The maximum Gasteiger partial charge on any atom is 0.305 e. The topological polar surface area (TPSA) is 58.9 Å². The number of nitrogens with zero attached hydrogens (tertiary/aromatic N) is 1. The highest BCUT2D eigenvalue weighted by molar-refractivity contribution is 5.82. The number of carbonyl (C=O) groups excluding carboxylic acids is 1. The number of rotatable bonds is 4. The Morgan fingerprint density at radius 1 is 1.40 bits per heavy atom. The average Bonchev–Trinajstić information content (AvgIpc) is 2.68. The molecule has 0 spiro atoms. The molecular weight excluding hydrogens is 194 g/mol. The Kier molecular flexibility index (Phi) is 3.37. The van der Waals surface area contributed by atoms with E-state index in [0.29, 0.717) is 18.3 Å². The zero-order chi connectivity index (χ0) is 11.6. The fourth-order valence-electron chi connectivity index (χ4n) is 2.29. The summed E-state index contributed by atoms with van der Waals surface area (Å²) in [7, 11) is 1.41. The summed E-state index contributed by atoms with van der Waals surface area (Å²) in [5, 5.41) is 11.8. The van der Waals surface area contributed by atoms with Crippen molar-refractivity contribution in [1.82, 2.24) is 0 Å². The molecule has 0 aromatic heterocycles. The first-order chi connectivity index (χ1) is 6.93. The van der Waals surface area contributed by atoms with Gasteiger partial charge in [-0.15, -0.1) is 0 Å². The Balaban J connectivity index is 2.51. The maximum absolute atomic E-state index is 11.1. The lowest BCUT2D eigenvalue weighted by molar-refractivity contribution is -0.141. The number of ether oxygens (including phenoxy) is 1. The molecule has 0 amide bonds. The van der Waals surface area contributed by atoms with Crippen molar-refractivity contribution in [1.29, 1.82) is 0 Å². The van der Waals surface area contributed by atoms with Gasteiger partial charge in [0.05, 0.1) is 12.8 Å². The second kappa shape index (κ2) is 4.21. The number of esters is 1. The Labute approximate surface area is 90.3 Å². The van der Waals surface area contributed by atoms with Crippen LogP contribution in [0.5, 0.6) is 0 Å². The highest BCUT2D eigenvalue weighted by Gasteiger charge is 2.57. The summed E-state index contributed by atoms with van der Waals surface area (Å²) in [6.45, 7) is 6.06. The molecule has 1 rings (SSSR count). The van der Waals surface area contributed by atoms with Crippen molar-refractivity contribution >= 4 is 11.7 Å². The van der Waals surface area contributed by atoms with Gasteiger partial charge in [0.1, 0.15) is 0 Å². The normalized spacial score (nSPS) is 28.7. The lowest BCUT2D eigenvalue weighted by Crippen LogP contribution is -2.03. The van der Waals surface area contributed by atoms with E-state index >= 15 is 0 Å². The van der Waals surface area contributed by atoms with Crippen LogP contribution in [0.2, 0.25) is 0 Å². The van der Waals surface area contributed by atoms with Crippen LogP contribution in [0.15, 0.2) is 5.16 Å². The molecule has 0 heterocycles. The first-order valence-corrected chi connectivity index (χ1v) is 5.17. The van der Waals surface area contributed by atoms with Crippen molar-refractivity contribution in [2.45, 2.75) is 33.6 Å². The van der Waals surface area contributed by atoms with Gasteiger partial charge in [0.15, 0.2) is 0 Å². The van der Waals surface area contributed by atoms with Gasteiger partial charge in [0.25, 0.3) is 0 Å². The molecule has 1 fully saturated rings. The van der Waals surface area contributed by atoms with Gasteiger partial charge in [-0.25, -0.2) is 0 Å². The third-order valence-corrected chi connectivity index (χ3v) is 3.59. The Morgan fingerprint density at radius 3 is 2.40 bits per heavy atom. The summed E-state index contributed by atoms with van der Waals surface area (Å²) in [6, 6.07) is 0. The van der Waals surface area contributed by atoms with E-state index in [9.17, 15) is 4.79 Å². The molecule has 1 aliphatic rings. The smallest absolute Gasteiger partial charge is 0.305 e. The van der Waals surface area contributed by atoms with Gasteiger partial charge in [0.2, 0.25) is 0 Å². The van der Waals surface area contributed by atoms with Crippen molar-refractivity contribution in [2.75, 3.05) is 7.11 Å². The predicted octanol–water partition coefficient (Wildman–Crippen LogP) is 2.06. The number of oxime groups is 1. The first-order valence-electron chi connectivity index (χ1n) is 5.17. The first kappa shape index (κ1) is 12.0. The van der Waals surface area contributed by atoms with Gasteiger partial charge in [-0.2, -0.15) is 0 Å². The van der Waals surface area contributed by atoms with Crippen molar-refractivity contribution in [3.63, 3.8) is 0 Å². The molecule has 0 bridgehead atoms. The molecule has 1 N–H and O–H groups in total. The van der Waals surface area contributed by atoms with E-state index in [-0.39, 0.29) is 11.4 Å².